The average molecular weight is 325 g/mol. The maximum Gasteiger partial charge on any atom is 0.239 e. The van der Waals surface area contributed by atoms with Gasteiger partial charge >= 0.3 is 0 Å². The Hall–Kier alpha value is -1.41. The first-order valence-electron chi connectivity index (χ1n) is 6.90. The Bertz CT molecular complexity index is 568. The number of hydrogen-bond acceptors (Lipinski definition) is 8. The Morgan fingerprint density at radius 1 is 1.48 bits per heavy atom. The van der Waals surface area contributed by atoms with Crippen molar-refractivity contribution in [2.24, 2.45) is 0 Å². The number of unbranched alkanes of at least 4 members (excludes halogenated alkanes) is 1. The third-order valence-electron chi connectivity index (χ3n) is 2.67. The smallest absolute Gasteiger partial charge is 0.239 e. The van der Waals surface area contributed by atoms with Crippen molar-refractivity contribution in [3.8, 4) is 0 Å². The minimum Gasteiger partial charge on any atom is -0.357 e. The zero-order chi connectivity index (χ0) is 15.1. The monoisotopic (exact) mass is 325 g/mol. The second kappa shape index (κ2) is 8.14. The molecule has 0 fully saturated rings. The highest BCUT2D eigenvalue weighted by atomic mass is 32.2. The van der Waals surface area contributed by atoms with E-state index in [1.807, 2.05) is 6.92 Å². The van der Waals surface area contributed by atoms with Gasteiger partial charge in [-0.15, -0.1) is 16.8 Å². The SMILES string of the molecule is C=CCNc1nnc(SC(C)c2nc(CCCC)no2)s1. The predicted molar refractivity (Wildman–Crippen MR) is 85.8 cm³/mol. The zero-order valence-electron chi connectivity index (χ0n) is 12.2. The van der Waals surface area contributed by atoms with Crippen molar-refractivity contribution >= 4 is 28.2 Å². The van der Waals surface area contributed by atoms with Crippen LogP contribution in [0.1, 0.15) is 43.7 Å². The van der Waals surface area contributed by atoms with Gasteiger partial charge in [0.05, 0.1) is 5.25 Å². The highest BCUT2D eigenvalue weighted by Crippen LogP contribution is 2.36. The van der Waals surface area contributed by atoms with E-state index >= 15 is 0 Å². The molecule has 2 aromatic rings. The molecule has 0 spiro atoms. The average Bonchev–Trinajstić information content (AvgIpc) is 3.12. The van der Waals surface area contributed by atoms with Crippen LogP contribution in [0, 0.1) is 0 Å². The molecule has 2 rings (SSSR count). The summed E-state index contributed by atoms with van der Waals surface area (Å²) in [6.07, 6.45) is 4.85. The van der Waals surface area contributed by atoms with Crippen LogP contribution < -0.4 is 5.32 Å². The Morgan fingerprint density at radius 3 is 3.10 bits per heavy atom. The Morgan fingerprint density at radius 2 is 2.33 bits per heavy atom. The summed E-state index contributed by atoms with van der Waals surface area (Å²) >= 11 is 3.08. The molecule has 0 aromatic carbocycles. The predicted octanol–water partition coefficient (Wildman–Crippen LogP) is 3.71. The summed E-state index contributed by atoms with van der Waals surface area (Å²) in [5.74, 6) is 1.42. The van der Waals surface area contributed by atoms with Gasteiger partial charge in [0.1, 0.15) is 0 Å². The van der Waals surface area contributed by atoms with Crippen LogP contribution in [-0.4, -0.2) is 26.9 Å². The van der Waals surface area contributed by atoms with Crippen molar-refractivity contribution in [2.45, 2.75) is 42.7 Å². The molecule has 1 atom stereocenters. The van der Waals surface area contributed by atoms with Gasteiger partial charge in [-0.3, -0.25) is 0 Å². The molecule has 0 saturated heterocycles. The topological polar surface area (TPSA) is 76.7 Å². The first-order chi connectivity index (χ1) is 10.2. The zero-order valence-corrected chi connectivity index (χ0v) is 13.8. The van der Waals surface area contributed by atoms with Crippen molar-refractivity contribution in [2.75, 3.05) is 11.9 Å². The van der Waals surface area contributed by atoms with E-state index in [4.69, 9.17) is 4.52 Å². The molecule has 6 nitrogen and oxygen atoms in total. The van der Waals surface area contributed by atoms with Gasteiger partial charge in [-0.1, -0.05) is 47.7 Å². The van der Waals surface area contributed by atoms with Gasteiger partial charge in [0, 0.05) is 13.0 Å². The second-order valence-corrected chi connectivity index (χ2v) is 7.02. The highest BCUT2D eigenvalue weighted by Gasteiger charge is 2.17. The van der Waals surface area contributed by atoms with Gasteiger partial charge < -0.3 is 9.84 Å². The van der Waals surface area contributed by atoms with Crippen molar-refractivity contribution < 1.29 is 4.52 Å². The Balaban J connectivity index is 1.90. The second-order valence-electron chi connectivity index (χ2n) is 4.46. The maximum absolute atomic E-state index is 5.31. The van der Waals surface area contributed by atoms with E-state index in [0.717, 1.165) is 34.6 Å². The summed E-state index contributed by atoms with van der Waals surface area (Å²) in [5, 5.41) is 16.2. The molecule has 0 aliphatic carbocycles. The van der Waals surface area contributed by atoms with Crippen LogP contribution in [0.5, 0.6) is 0 Å². The lowest BCUT2D eigenvalue weighted by molar-refractivity contribution is 0.374. The summed E-state index contributed by atoms with van der Waals surface area (Å²) in [4.78, 5) is 4.43. The number of nitrogens with one attached hydrogen (secondary N) is 1. The van der Waals surface area contributed by atoms with Crippen LogP contribution >= 0.6 is 23.1 Å². The van der Waals surface area contributed by atoms with Crippen LogP contribution in [0.15, 0.2) is 21.5 Å². The fraction of sp³-hybridized carbons (Fsp3) is 0.538. The molecule has 0 radical (unpaired) electrons. The van der Waals surface area contributed by atoms with E-state index in [-0.39, 0.29) is 5.25 Å². The van der Waals surface area contributed by atoms with E-state index in [1.54, 1.807) is 17.8 Å². The van der Waals surface area contributed by atoms with Gasteiger partial charge in [0.2, 0.25) is 11.0 Å². The van der Waals surface area contributed by atoms with E-state index in [0.29, 0.717) is 12.4 Å². The number of anilines is 1. The molecule has 114 valence electrons. The third-order valence-corrected chi connectivity index (χ3v) is 4.72. The van der Waals surface area contributed by atoms with E-state index in [1.165, 1.54) is 11.3 Å². The molecule has 1 N–H and O–H groups in total. The molecule has 0 bridgehead atoms. The molecule has 0 aliphatic heterocycles. The van der Waals surface area contributed by atoms with Gasteiger partial charge in [0.25, 0.3) is 0 Å². The van der Waals surface area contributed by atoms with Crippen LogP contribution in [0.3, 0.4) is 0 Å². The van der Waals surface area contributed by atoms with Crippen LogP contribution in [-0.2, 0) is 6.42 Å². The first-order valence-corrected chi connectivity index (χ1v) is 8.60. The minimum absolute atomic E-state index is 0.0630. The van der Waals surface area contributed by atoms with Gasteiger partial charge in [-0.05, 0) is 13.3 Å². The van der Waals surface area contributed by atoms with Crippen LogP contribution in [0.25, 0.3) is 0 Å². The molecule has 0 saturated carbocycles. The summed E-state index contributed by atoms with van der Waals surface area (Å²) in [5.41, 5.74) is 0. The van der Waals surface area contributed by atoms with Crippen molar-refractivity contribution in [1.82, 2.24) is 20.3 Å². The van der Waals surface area contributed by atoms with E-state index in [2.05, 4.69) is 39.2 Å². The maximum atomic E-state index is 5.31. The van der Waals surface area contributed by atoms with Gasteiger partial charge in [0.15, 0.2) is 10.2 Å². The van der Waals surface area contributed by atoms with Crippen LogP contribution in [0.4, 0.5) is 5.13 Å². The minimum atomic E-state index is 0.0630. The van der Waals surface area contributed by atoms with Crippen molar-refractivity contribution in [3.05, 3.63) is 24.4 Å². The fourth-order valence-electron chi connectivity index (χ4n) is 1.56. The molecule has 0 aliphatic rings. The first kappa shape index (κ1) is 16.0. The largest absolute Gasteiger partial charge is 0.357 e. The number of aromatic nitrogens is 4. The lowest BCUT2D eigenvalue weighted by Crippen LogP contribution is -1.96. The van der Waals surface area contributed by atoms with E-state index in [9.17, 15) is 0 Å². The molecule has 2 heterocycles. The molecule has 2 aromatic heterocycles. The lowest BCUT2D eigenvalue weighted by Gasteiger charge is -2.01. The number of nitrogens with zero attached hydrogens (tertiary/aromatic N) is 4. The standard InChI is InChI=1S/C13H19N5OS2/c1-4-6-7-10-15-11(19-18-10)9(3)20-13-17-16-12(21-13)14-8-5-2/h5,9H,2,4,6-8H2,1,3H3,(H,14,16). The summed E-state index contributed by atoms with van der Waals surface area (Å²) in [6, 6.07) is 0. The number of thioether (sulfide) groups is 1. The summed E-state index contributed by atoms with van der Waals surface area (Å²) in [7, 11) is 0. The van der Waals surface area contributed by atoms with Crippen LogP contribution in [0.2, 0.25) is 0 Å². The number of hydrogen-bond donors (Lipinski definition) is 1. The van der Waals surface area contributed by atoms with Crippen molar-refractivity contribution in [1.29, 1.82) is 0 Å². The third kappa shape index (κ3) is 4.82. The number of rotatable bonds is 9. The fourth-order valence-corrected chi connectivity index (χ4v) is 3.49. The lowest BCUT2D eigenvalue weighted by atomic mass is 10.2. The highest BCUT2D eigenvalue weighted by molar-refractivity contribution is 8.01. The quantitative estimate of drug-likeness (QED) is 0.556. The molecular formula is C13H19N5OS2. The Kier molecular flexibility index (Phi) is 6.19. The summed E-state index contributed by atoms with van der Waals surface area (Å²) < 4.78 is 6.19. The number of aryl methyl sites for hydroxylation is 1. The van der Waals surface area contributed by atoms with E-state index < -0.39 is 0 Å². The molecule has 1 unspecified atom stereocenters. The van der Waals surface area contributed by atoms with Gasteiger partial charge in [-0.25, -0.2) is 0 Å². The molecule has 8 heteroatoms. The normalized spacial score (nSPS) is 12.3. The molecule has 21 heavy (non-hydrogen) atoms. The summed E-state index contributed by atoms with van der Waals surface area (Å²) in [6.45, 7) is 8.51. The molecule has 0 amide bonds. The van der Waals surface area contributed by atoms with Gasteiger partial charge in [-0.2, -0.15) is 4.98 Å². The van der Waals surface area contributed by atoms with Crippen molar-refractivity contribution in [3.63, 3.8) is 0 Å². The molecular weight excluding hydrogens is 306 g/mol. The Labute approximate surface area is 132 Å².